The van der Waals surface area contributed by atoms with Crippen molar-refractivity contribution < 1.29 is 9.59 Å². The van der Waals surface area contributed by atoms with Crippen LogP contribution in [0.25, 0.3) is 0 Å². The van der Waals surface area contributed by atoms with Crippen LogP contribution in [-0.4, -0.2) is 36.9 Å². The van der Waals surface area contributed by atoms with Crippen LogP contribution in [0.2, 0.25) is 0 Å². The van der Waals surface area contributed by atoms with Crippen LogP contribution in [0.1, 0.15) is 35.3 Å². The highest BCUT2D eigenvalue weighted by Crippen LogP contribution is 2.12. The van der Waals surface area contributed by atoms with E-state index < -0.39 is 6.04 Å². The number of likely N-dealkylation sites (N-methyl/N-ethyl adjacent to an activating group) is 1. The van der Waals surface area contributed by atoms with E-state index in [-0.39, 0.29) is 17.7 Å². The molecule has 110 valence electrons. The molecule has 0 aliphatic heterocycles. The summed E-state index contributed by atoms with van der Waals surface area (Å²) in [5, 5.41) is 2.84. The summed E-state index contributed by atoms with van der Waals surface area (Å²) in [6, 6.07) is 5.17. The second-order valence-corrected chi connectivity index (χ2v) is 5.75. The summed E-state index contributed by atoms with van der Waals surface area (Å²) in [6.45, 7) is 7.74. The number of amides is 2. The summed E-state index contributed by atoms with van der Waals surface area (Å²) in [7, 11) is 3.39. The molecular formula is C16H24N2O2. The molecule has 0 bridgehead atoms. The number of nitrogens with zero attached hydrogens (tertiary/aromatic N) is 1. The molecule has 1 aromatic carbocycles. The van der Waals surface area contributed by atoms with Crippen LogP contribution in [0, 0.1) is 19.8 Å². The van der Waals surface area contributed by atoms with Crippen molar-refractivity contribution in [1.29, 1.82) is 0 Å². The van der Waals surface area contributed by atoms with Gasteiger partial charge in [0, 0.05) is 19.7 Å². The van der Waals surface area contributed by atoms with Crippen LogP contribution in [0.4, 0.5) is 0 Å². The van der Waals surface area contributed by atoms with E-state index >= 15 is 0 Å². The molecule has 0 saturated carbocycles. The van der Waals surface area contributed by atoms with Gasteiger partial charge in [0.2, 0.25) is 5.91 Å². The molecule has 0 spiro atoms. The second-order valence-electron chi connectivity index (χ2n) is 5.75. The highest BCUT2D eigenvalue weighted by atomic mass is 16.2. The number of hydrogen-bond acceptors (Lipinski definition) is 2. The summed E-state index contributed by atoms with van der Waals surface area (Å²) < 4.78 is 0. The molecule has 1 atom stereocenters. The molecule has 0 saturated heterocycles. The zero-order valence-corrected chi connectivity index (χ0v) is 13.2. The minimum atomic E-state index is -0.502. The van der Waals surface area contributed by atoms with E-state index in [1.165, 1.54) is 4.90 Å². The number of benzene rings is 1. The smallest absolute Gasteiger partial charge is 0.252 e. The molecule has 0 aliphatic rings. The zero-order chi connectivity index (χ0) is 15.4. The lowest BCUT2D eigenvalue weighted by molar-refractivity contribution is -0.131. The molecule has 0 aromatic heterocycles. The predicted octanol–water partition coefficient (Wildman–Crippen LogP) is 2.15. The normalized spacial score (nSPS) is 12.2. The van der Waals surface area contributed by atoms with E-state index in [1.54, 1.807) is 20.2 Å². The van der Waals surface area contributed by atoms with Gasteiger partial charge < -0.3 is 10.2 Å². The van der Waals surface area contributed by atoms with Crippen molar-refractivity contribution in [3.63, 3.8) is 0 Å². The molecule has 1 rings (SSSR count). The predicted molar refractivity (Wildman–Crippen MR) is 80.7 cm³/mol. The van der Waals surface area contributed by atoms with Crippen LogP contribution in [0.5, 0.6) is 0 Å². The first-order valence-electron chi connectivity index (χ1n) is 6.83. The van der Waals surface area contributed by atoms with E-state index in [9.17, 15) is 9.59 Å². The average molecular weight is 276 g/mol. The van der Waals surface area contributed by atoms with Gasteiger partial charge >= 0.3 is 0 Å². The van der Waals surface area contributed by atoms with E-state index in [2.05, 4.69) is 5.32 Å². The van der Waals surface area contributed by atoms with Crippen LogP contribution in [0.15, 0.2) is 18.2 Å². The number of aryl methyl sites for hydroxylation is 2. The molecule has 0 heterocycles. The Balaban J connectivity index is 2.94. The monoisotopic (exact) mass is 276 g/mol. The van der Waals surface area contributed by atoms with Crippen molar-refractivity contribution in [3.05, 3.63) is 34.9 Å². The third-order valence-corrected chi connectivity index (χ3v) is 3.29. The Labute approximate surface area is 121 Å². The number of carbonyl (C=O) groups excluding carboxylic acids is 2. The Morgan fingerprint density at radius 2 is 1.75 bits per heavy atom. The molecule has 4 heteroatoms. The Hall–Kier alpha value is -1.84. The van der Waals surface area contributed by atoms with Gasteiger partial charge in [0.05, 0.1) is 0 Å². The quantitative estimate of drug-likeness (QED) is 0.916. The standard InChI is InChI=1S/C16H24N2O2/c1-10(2)14(16(20)18(5)6)17-15(19)13-8-7-11(3)9-12(13)4/h7-10,14H,1-6H3,(H,17,19)/t14-/m0/s1. The summed E-state index contributed by atoms with van der Waals surface area (Å²) in [6.07, 6.45) is 0. The summed E-state index contributed by atoms with van der Waals surface area (Å²) >= 11 is 0. The van der Waals surface area contributed by atoms with E-state index in [0.717, 1.165) is 11.1 Å². The largest absolute Gasteiger partial charge is 0.347 e. The average Bonchev–Trinajstić information content (AvgIpc) is 2.34. The molecule has 0 radical (unpaired) electrons. The van der Waals surface area contributed by atoms with Crippen molar-refractivity contribution in [1.82, 2.24) is 10.2 Å². The van der Waals surface area contributed by atoms with Gasteiger partial charge in [-0.3, -0.25) is 9.59 Å². The third-order valence-electron chi connectivity index (χ3n) is 3.29. The Kier molecular flexibility index (Phi) is 5.31. The van der Waals surface area contributed by atoms with E-state index in [4.69, 9.17) is 0 Å². The Morgan fingerprint density at radius 3 is 2.20 bits per heavy atom. The lowest BCUT2D eigenvalue weighted by Gasteiger charge is -2.25. The van der Waals surface area contributed by atoms with Gasteiger partial charge in [0.1, 0.15) is 6.04 Å². The first-order valence-corrected chi connectivity index (χ1v) is 6.83. The fourth-order valence-electron chi connectivity index (χ4n) is 2.08. The van der Waals surface area contributed by atoms with Crippen LogP contribution in [-0.2, 0) is 4.79 Å². The van der Waals surface area contributed by atoms with Crippen molar-refractivity contribution in [2.45, 2.75) is 33.7 Å². The Bertz CT molecular complexity index is 507. The molecular weight excluding hydrogens is 252 g/mol. The van der Waals surface area contributed by atoms with Crippen molar-refractivity contribution in [2.75, 3.05) is 14.1 Å². The number of hydrogen-bond donors (Lipinski definition) is 1. The van der Waals surface area contributed by atoms with Gasteiger partial charge in [0.15, 0.2) is 0 Å². The Morgan fingerprint density at radius 1 is 1.15 bits per heavy atom. The number of rotatable bonds is 4. The maximum Gasteiger partial charge on any atom is 0.252 e. The molecule has 0 fully saturated rings. The van der Waals surface area contributed by atoms with Crippen LogP contribution < -0.4 is 5.32 Å². The fourth-order valence-corrected chi connectivity index (χ4v) is 2.08. The van der Waals surface area contributed by atoms with Crippen LogP contribution >= 0.6 is 0 Å². The first kappa shape index (κ1) is 16.2. The van der Waals surface area contributed by atoms with E-state index in [1.807, 2.05) is 39.8 Å². The summed E-state index contributed by atoms with van der Waals surface area (Å²) in [5.74, 6) is -0.242. The third kappa shape index (κ3) is 3.83. The highest BCUT2D eigenvalue weighted by molar-refractivity contribution is 5.98. The fraction of sp³-hybridized carbons (Fsp3) is 0.500. The number of nitrogens with one attached hydrogen (secondary N) is 1. The molecule has 1 aromatic rings. The van der Waals surface area contributed by atoms with Gasteiger partial charge in [-0.1, -0.05) is 31.5 Å². The highest BCUT2D eigenvalue weighted by Gasteiger charge is 2.26. The number of carbonyl (C=O) groups is 2. The van der Waals surface area contributed by atoms with Gasteiger partial charge in [-0.15, -0.1) is 0 Å². The molecule has 2 amide bonds. The summed E-state index contributed by atoms with van der Waals surface area (Å²) in [4.78, 5) is 25.9. The van der Waals surface area contributed by atoms with Gasteiger partial charge in [0.25, 0.3) is 5.91 Å². The molecule has 1 N–H and O–H groups in total. The van der Waals surface area contributed by atoms with Crippen molar-refractivity contribution >= 4 is 11.8 Å². The SMILES string of the molecule is Cc1ccc(C(=O)N[C@H](C(=O)N(C)C)C(C)C)c(C)c1. The molecule has 20 heavy (non-hydrogen) atoms. The second kappa shape index (κ2) is 6.55. The van der Waals surface area contributed by atoms with Crippen molar-refractivity contribution in [3.8, 4) is 0 Å². The van der Waals surface area contributed by atoms with Gasteiger partial charge in [-0.2, -0.15) is 0 Å². The van der Waals surface area contributed by atoms with Crippen LogP contribution in [0.3, 0.4) is 0 Å². The molecule has 0 aliphatic carbocycles. The molecule has 0 unspecified atom stereocenters. The minimum Gasteiger partial charge on any atom is -0.347 e. The summed E-state index contributed by atoms with van der Waals surface area (Å²) in [5.41, 5.74) is 2.65. The topological polar surface area (TPSA) is 49.4 Å². The lowest BCUT2D eigenvalue weighted by Crippen LogP contribution is -2.49. The first-order chi connectivity index (χ1) is 9.23. The molecule has 4 nitrogen and oxygen atoms in total. The minimum absolute atomic E-state index is 0.0413. The van der Waals surface area contributed by atoms with Gasteiger partial charge in [-0.25, -0.2) is 0 Å². The zero-order valence-electron chi connectivity index (χ0n) is 13.2. The van der Waals surface area contributed by atoms with Crippen molar-refractivity contribution in [2.24, 2.45) is 5.92 Å². The maximum atomic E-state index is 12.3. The lowest BCUT2D eigenvalue weighted by atomic mass is 10.0. The van der Waals surface area contributed by atoms with E-state index in [0.29, 0.717) is 5.56 Å². The van der Waals surface area contributed by atoms with Gasteiger partial charge in [-0.05, 0) is 31.4 Å². The maximum absolute atomic E-state index is 12.3.